The van der Waals surface area contributed by atoms with Crippen LogP contribution in [0, 0.1) is 5.92 Å². The molecular formula is C17H25N3O5S. The second kappa shape index (κ2) is 7.50. The first kappa shape index (κ1) is 19.1. The topological polar surface area (TPSA) is 97.7 Å². The summed E-state index contributed by atoms with van der Waals surface area (Å²) in [7, 11) is -1.77. The van der Waals surface area contributed by atoms with Crippen molar-refractivity contribution in [3.05, 3.63) is 34.2 Å². The molecule has 0 radical (unpaired) electrons. The maximum absolute atomic E-state index is 12.5. The van der Waals surface area contributed by atoms with Gasteiger partial charge in [0, 0.05) is 50.8 Å². The molecule has 3 rings (SSSR count). The highest BCUT2D eigenvalue weighted by molar-refractivity contribution is 7.88. The molecule has 9 heteroatoms. The summed E-state index contributed by atoms with van der Waals surface area (Å²) in [6.07, 6.45) is 2.28. The van der Waals surface area contributed by atoms with Crippen LogP contribution in [0.1, 0.15) is 30.5 Å². The van der Waals surface area contributed by atoms with E-state index in [1.54, 1.807) is 10.6 Å². The molecule has 1 aromatic rings. The number of pyridine rings is 1. The van der Waals surface area contributed by atoms with Crippen LogP contribution in [0.2, 0.25) is 0 Å². The van der Waals surface area contributed by atoms with E-state index in [4.69, 9.17) is 4.74 Å². The fourth-order valence-electron chi connectivity index (χ4n) is 4.04. The summed E-state index contributed by atoms with van der Waals surface area (Å²) in [6, 6.07) is 4.85. The number of carbonyl (C=O) groups excluding carboxylic acids is 1. The van der Waals surface area contributed by atoms with Gasteiger partial charge >= 0.3 is 0 Å². The average molecular weight is 383 g/mol. The van der Waals surface area contributed by atoms with Crippen molar-refractivity contribution in [3.8, 4) is 0 Å². The molecule has 2 aliphatic rings. The molecule has 0 aromatic carbocycles. The number of piperidine rings is 1. The van der Waals surface area contributed by atoms with E-state index in [0.717, 1.165) is 12.1 Å². The molecule has 144 valence electrons. The lowest BCUT2D eigenvalue weighted by molar-refractivity contribution is -0.122. The van der Waals surface area contributed by atoms with Crippen LogP contribution in [-0.4, -0.2) is 62.8 Å². The van der Waals surface area contributed by atoms with Gasteiger partial charge in [0.1, 0.15) is 0 Å². The molecule has 0 spiro atoms. The number of rotatable bonds is 6. The zero-order chi connectivity index (χ0) is 18.9. The zero-order valence-corrected chi connectivity index (χ0v) is 15.9. The number of hydrogen-bond donors (Lipinski definition) is 1. The van der Waals surface area contributed by atoms with Crippen molar-refractivity contribution < 1.29 is 17.9 Å². The highest BCUT2D eigenvalue weighted by Crippen LogP contribution is 2.41. The van der Waals surface area contributed by atoms with E-state index >= 15 is 0 Å². The summed E-state index contributed by atoms with van der Waals surface area (Å²) < 4.78 is 32.3. The minimum atomic E-state index is -3.31. The standard InChI is InChI=1S/C17H25N3O5S/c1-25-7-6-16(21)18-9-15-13-8-12(10-19(11-13)26(2,23)24)14-4-3-5-17(22)20(14)15/h3-5,12-13,15H,6-11H2,1-2H3,(H,18,21)/t12-,13+,15+/m1/s1. The molecule has 1 aromatic heterocycles. The maximum atomic E-state index is 12.5. The van der Waals surface area contributed by atoms with Crippen LogP contribution in [-0.2, 0) is 19.6 Å². The first-order valence-electron chi connectivity index (χ1n) is 8.73. The molecular weight excluding hydrogens is 358 g/mol. The molecule has 0 aliphatic carbocycles. The van der Waals surface area contributed by atoms with Crippen molar-refractivity contribution >= 4 is 15.9 Å². The number of hydrogen-bond acceptors (Lipinski definition) is 5. The zero-order valence-electron chi connectivity index (χ0n) is 15.1. The molecule has 1 N–H and O–H groups in total. The fraction of sp³-hybridized carbons (Fsp3) is 0.647. The Morgan fingerprint density at radius 3 is 2.81 bits per heavy atom. The van der Waals surface area contributed by atoms with Crippen molar-refractivity contribution in [2.45, 2.75) is 24.8 Å². The van der Waals surface area contributed by atoms with E-state index in [1.807, 2.05) is 6.07 Å². The van der Waals surface area contributed by atoms with Crippen LogP contribution >= 0.6 is 0 Å². The Morgan fingerprint density at radius 2 is 2.12 bits per heavy atom. The normalized spacial score (nSPS) is 25.5. The number of sulfonamides is 1. The second-order valence-corrected chi connectivity index (χ2v) is 9.03. The van der Waals surface area contributed by atoms with E-state index in [1.165, 1.54) is 23.7 Å². The summed E-state index contributed by atoms with van der Waals surface area (Å²) in [5, 5.41) is 2.87. The van der Waals surface area contributed by atoms with Crippen molar-refractivity contribution in [3.63, 3.8) is 0 Å². The van der Waals surface area contributed by atoms with Crippen LogP contribution in [0.15, 0.2) is 23.0 Å². The maximum Gasteiger partial charge on any atom is 0.251 e. The summed E-state index contributed by atoms with van der Waals surface area (Å²) in [6.45, 7) is 1.40. The predicted molar refractivity (Wildman–Crippen MR) is 96.5 cm³/mol. The number of nitrogens with zero attached hydrogens (tertiary/aromatic N) is 2. The van der Waals surface area contributed by atoms with Crippen molar-refractivity contribution in [2.75, 3.05) is 39.6 Å². The number of amides is 1. The minimum Gasteiger partial charge on any atom is -0.384 e. The summed E-state index contributed by atoms with van der Waals surface area (Å²) in [4.78, 5) is 24.5. The van der Waals surface area contributed by atoms with Crippen LogP contribution in [0.25, 0.3) is 0 Å². The van der Waals surface area contributed by atoms with E-state index in [0.29, 0.717) is 26.2 Å². The Bertz CT molecular complexity index is 835. The molecule has 3 atom stereocenters. The quantitative estimate of drug-likeness (QED) is 0.741. The largest absolute Gasteiger partial charge is 0.384 e. The second-order valence-electron chi connectivity index (χ2n) is 7.05. The SMILES string of the molecule is COCCC(=O)NC[C@H]1[C@H]2C[C@H](CN(S(C)(=O)=O)C2)c2cccc(=O)n21. The van der Waals surface area contributed by atoms with Gasteiger partial charge in [0.05, 0.1) is 18.9 Å². The smallest absolute Gasteiger partial charge is 0.251 e. The number of aromatic nitrogens is 1. The Hall–Kier alpha value is -1.71. The van der Waals surface area contributed by atoms with Gasteiger partial charge in [-0.05, 0) is 18.4 Å². The third kappa shape index (κ3) is 3.84. The number of carbonyl (C=O) groups is 1. The Morgan fingerprint density at radius 1 is 1.35 bits per heavy atom. The van der Waals surface area contributed by atoms with Gasteiger partial charge in [0.2, 0.25) is 15.9 Å². The van der Waals surface area contributed by atoms with Gasteiger partial charge in [0.15, 0.2) is 0 Å². The van der Waals surface area contributed by atoms with Gasteiger partial charge in [-0.25, -0.2) is 12.7 Å². The van der Waals surface area contributed by atoms with Crippen molar-refractivity contribution in [1.29, 1.82) is 0 Å². The van der Waals surface area contributed by atoms with E-state index in [9.17, 15) is 18.0 Å². The minimum absolute atomic E-state index is 0.00202. The molecule has 3 heterocycles. The predicted octanol–water partition coefficient (Wildman–Crippen LogP) is -0.0792. The van der Waals surface area contributed by atoms with Gasteiger partial charge in [-0.1, -0.05) is 6.07 Å². The number of nitrogens with one attached hydrogen (secondary N) is 1. The van der Waals surface area contributed by atoms with E-state index < -0.39 is 10.0 Å². The number of methoxy groups -OCH3 is 1. The Balaban J connectivity index is 1.89. The number of fused-ring (bicyclic) bond motifs is 4. The molecule has 0 saturated carbocycles. The molecule has 1 fully saturated rings. The lowest BCUT2D eigenvalue weighted by atomic mass is 9.79. The van der Waals surface area contributed by atoms with Crippen LogP contribution in [0.4, 0.5) is 0 Å². The average Bonchev–Trinajstić information content (AvgIpc) is 2.59. The first-order chi connectivity index (χ1) is 12.3. The van der Waals surface area contributed by atoms with E-state index in [-0.39, 0.29) is 35.8 Å². The van der Waals surface area contributed by atoms with Crippen LogP contribution in [0.3, 0.4) is 0 Å². The van der Waals surface area contributed by atoms with Crippen molar-refractivity contribution in [1.82, 2.24) is 14.2 Å². The third-order valence-electron chi connectivity index (χ3n) is 5.28. The molecule has 2 bridgehead atoms. The van der Waals surface area contributed by atoms with E-state index in [2.05, 4.69) is 5.32 Å². The first-order valence-corrected chi connectivity index (χ1v) is 10.6. The molecule has 1 amide bonds. The molecule has 26 heavy (non-hydrogen) atoms. The van der Waals surface area contributed by atoms with Gasteiger partial charge in [-0.15, -0.1) is 0 Å². The van der Waals surface area contributed by atoms with Crippen LogP contribution < -0.4 is 10.9 Å². The molecule has 1 saturated heterocycles. The number of ether oxygens (including phenoxy) is 1. The van der Waals surface area contributed by atoms with Crippen molar-refractivity contribution in [2.24, 2.45) is 5.92 Å². The molecule has 2 aliphatic heterocycles. The van der Waals surface area contributed by atoms with Gasteiger partial charge in [-0.3, -0.25) is 9.59 Å². The lowest BCUT2D eigenvalue weighted by Crippen LogP contribution is -2.53. The summed E-state index contributed by atoms with van der Waals surface area (Å²) >= 11 is 0. The monoisotopic (exact) mass is 383 g/mol. The third-order valence-corrected chi connectivity index (χ3v) is 6.51. The summed E-state index contributed by atoms with van der Waals surface area (Å²) in [5.41, 5.74) is 0.736. The fourth-order valence-corrected chi connectivity index (χ4v) is 4.95. The molecule has 8 nitrogen and oxygen atoms in total. The summed E-state index contributed by atoms with van der Waals surface area (Å²) in [5.74, 6) is -0.160. The van der Waals surface area contributed by atoms with Gasteiger partial charge in [0.25, 0.3) is 5.56 Å². The Labute approximate surface area is 153 Å². The van der Waals surface area contributed by atoms with Gasteiger partial charge in [-0.2, -0.15) is 0 Å². The Kier molecular flexibility index (Phi) is 5.50. The molecule has 0 unspecified atom stereocenters. The highest BCUT2D eigenvalue weighted by atomic mass is 32.2. The lowest BCUT2D eigenvalue weighted by Gasteiger charge is -2.46. The van der Waals surface area contributed by atoms with Crippen LogP contribution in [0.5, 0.6) is 0 Å². The van der Waals surface area contributed by atoms with Gasteiger partial charge < -0.3 is 14.6 Å². The highest BCUT2D eigenvalue weighted by Gasteiger charge is 2.42.